The largest absolute Gasteiger partial charge is 0.445 e. The fourth-order valence-corrected chi connectivity index (χ4v) is 2.53. The Labute approximate surface area is 144 Å². The molecule has 0 radical (unpaired) electrons. The van der Waals surface area contributed by atoms with Gasteiger partial charge in [-0.25, -0.2) is 4.79 Å². The van der Waals surface area contributed by atoms with E-state index >= 15 is 0 Å². The van der Waals surface area contributed by atoms with Crippen molar-refractivity contribution >= 4 is 17.0 Å². The van der Waals surface area contributed by atoms with E-state index in [4.69, 9.17) is 4.74 Å². The van der Waals surface area contributed by atoms with Crippen molar-refractivity contribution in [1.29, 1.82) is 0 Å². The fraction of sp³-hybridized carbons (Fsp3) is 0.222. The summed E-state index contributed by atoms with van der Waals surface area (Å²) in [7, 11) is 0. The number of H-pyrrole nitrogens is 1. The number of aromatic nitrogens is 2. The molecule has 0 spiro atoms. The molecule has 4 N–H and O–H groups in total. The molecule has 0 aliphatic heterocycles. The highest BCUT2D eigenvalue weighted by molar-refractivity contribution is 5.82. The first-order valence-corrected chi connectivity index (χ1v) is 7.88. The van der Waals surface area contributed by atoms with Gasteiger partial charge < -0.3 is 20.3 Å². The van der Waals surface area contributed by atoms with Gasteiger partial charge in [-0.1, -0.05) is 42.5 Å². The lowest BCUT2D eigenvalue weighted by molar-refractivity contribution is 0.0192. The van der Waals surface area contributed by atoms with Crippen LogP contribution in [0.4, 0.5) is 4.79 Å². The van der Waals surface area contributed by atoms with Crippen LogP contribution < -0.4 is 5.32 Å². The van der Waals surface area contributed by atoms with Gasteiger partial charge in [0.2, 0.25) is 0 Å². The van der Waals surface area contributed by atoms with Gasteiger partial charge in [-0.2, -0.15) is 5.10 Å². The second kappa shape index (κ2) is 7.78. The summed E-state index contributed by atoms with van der Waals surface area (Å²) in [4.78, 5) is 11.7. The predicted molar refractivity (Wildman–Crippen MR) is 91.7 cm³/mol. The minimum absolute atomic E-state index is 0.136. The van der Waals surface area contributed by atoms with E-state index < -0.39 is 18.3 Å². The smallest absolute Gasteiger partial charge is 0.407 e. The summed E-state index contributed by atoms with van der Waals surface area (Å²) in [5.74, 6) is 0. The number of aromatic amines is 1. The maximum Gasteiger partial charge on any atom is 0.407 e. The third-order valence-corrected chi connectivity index (χ3v) is 3.87. The number of aliphatic hydroxyl groups is 2. The zero-order valence-corrected chi connectivity index (χ0v) is 13.4. The number of nitrogens with zero attached hydrogens (tertiary/aromatic N) is 1. The Balaban J connectivity index is 1.52. The Kier molecular flexibility index (Phi) is 5.27. The monoisotopic (exact) mass is 341 g/mol. The highest BCUT2D eigenvalue weighted by Crippen LogP contribution is 2.24. The Morgan fingerprint density at radius 1 is 1.16 bits per heavy atom. The molecule has 1 heterocycles. The van der Waals surface area contributed by atoms with Gasteiger partial charge in [0.1, 0.15) is 18.8 Å². The molecule has 130 valence electrons. The molecule has 2 aromatic carbocycles. The molecule has 3 rings (SSSR count). The number of aliphatic hydroxyl groups excluding tert-OH is 2. The molecule has 0 saturated heterocycles. The van der Waals surface area contributed by atoms with E-state index in [1.807, 2.05) is 36.4 Å². The number of nitrogens with one attached hydrogen (secondary N) is 2. The number of carbonyl (C=O) groups is 1. The van der Waals surface area contributed by atoms with E-state index in [2.05, 4.69) is 15.5 Å². The SMILES string of the molecule is O=C(NCC(O)C(O)c1cccc2[nH]ncc12)OCc1ccccc1. The van der Waals surface area contributed by atoms with Crippen LogP contribution in [0.5, 0.6) is 0 Å². The van der Waals surface area contributed by atoms with E-state index in [-0.39, 0.29) is 13.2 Å². The van der Waals surface area contributed by atoms with Crippen LogP contribution in [0.3, 0.4) is 0 Å². The molecule has 0 fully saturated rings. The maximum absolute atomic E-state index is 11.7. The van der Waals surface area contributed by atoms with Gasteiger partial charge in [-0.3, -0.25) is 5.10 Å². The van der Waals surface area contributed by atoms with Gasteiger partial charge in [-0.15, -0.1) is 0 Å². The fourth-order valence-electron chi connectivity index (χ4n) is 2.53. The van der Waals surface area contributed by atoms with E-state index in [0.717, 1.165) is 16.5 Å². The molecular formula is C18H19N3O4. The first kappa shape index (κ1) is 16.9. The lowest BCUT2D eigenvalue weighted by Crippen LogP contribution is -2.35. The zero-order valence-electron chi connectivity index (χ0n) is 13.4. The molecule has 25 heavy (non-hydrogen) atoms. The summed E-state index contributed by atoms with van der Waals surface area (Å²) in [5.41, 5.74) is 2.17. The van der Waals surface area contributed by atoms with Crippen molar-refractivity contribution in [1.82, 2.24) is 15.5 Å². The molecule has 0 bridgehead atoms. The van der Waals surface area contributed by atoms with Crippen molar-refractivity contribution in [2.45, 2.75) is 18.8 Å². The van der Waals surface area contributed by atoms with Crippen molar-refractivity contribution in [3.63, 3.8) is 0 Å². The number of carbonyl (C=O) groups excluding carboxylic acids is 1. The van der Waals surface area contributed by atoms with E-state index in [1.165, 1.54) is 0 Å². The Morgan fingerprint density at radius 3 is 2.76 bits per heavy atom. The molecule has 0 aliphatic carbocycles. The standard InChI is InChI=1S/C18H19N3O4/c22-16(10-19-18(24)25-11-12-5-2-1-3-6-12)17(23)13-7-4-8-15-14(13)9-20-21-15/h1-9,16-17,22-23H,10-11H2,(H,19,24)(H,20,21). The number of hydrogen-bond donors (Lipinski definition) is 4. The van der Waals surface area contributed by atoms with Crippen LogP contribution in [-0.4, -0.2) is 39.2 Å². The molecular weight excluding hydrogens is 322 g/mol. The van der Waals surface area contributed by atoms with Crippen LogP contribution >= 0.6 is 0 Å². The van der Waals surface area contributed by atoms with Crippen molar-refractivity contribution in [2.24, 2.45) is 0 Å². The molecule has 1 amide bonds. The third kappa shape index (κ3) is 4.14. The van der Waals surface area contributed by atoms with Crippen molar-refractivity contribution in [3.8, 4) is 0 Å². The van der Waals surface area contributed by atoms with Crippen LogP contribution in [0.25, 0.3) is 10.9 Å². The van der Waals surface area contributed by atoms with Gasteiger partial charge in [-0.05, 0) is 17.2 Å². The number of benzene rings is 2. The van der Waals surface area contributed by atoms with Gasteiger partial charge >= 0.3 is 6.09 Å². The Bertz CT molecular complexity index is 834. The highest BCUT2D eigenvalue weighted by atomic mass is 16.5. The summed E-state index contributed by atoms with van der Waals surface area (Å²) in [5, 5.41) is 30.4. The number of amides is 1. The molecule has 2 unspecified atom stereocenters. The summed E-state index contributed by atoms with van der Waals surface area (Å²) >= 11 is 0. The Morgan fingerprint density at radius 2 is 1.96 bits per heavy atom. The number of hydrogen-bond acceptors (Lipinski definition) is 5. The average molecular weight is 341 g/mol. The normalized spacial score (nSPS) is 13.4. The second-order valence-corrected chi connectivity index (χ2v) is 5.63. The zero-order chi connectivity index (χ0) is 17.6. The van der Waals surface area contributed by atoms with Crippen LogP contribution in [0.1, 0.15) is 17.2 Å². The number of ether oxygens (including phenoxy) is 1. The summed E-state index contributed by atoms with van der Waals surface area (Å²) in [6.07, 6.45) is -1.40. The maximum atomic E-state index is 11.7. The van der Waals surface area contributed by atoms with E-state index in [0.29, 0.717) is 5.56 Å². The quantitative estimate of drug-likeness (QED) is 0.548. The van der Waals surface area contributed by atoms with Crippen molar-refractivity contribution in [2.75, 3.05) is 6.54 Å². The predicted octanol–water partition coefficient (Wildman–Crippen LogP) is 1.88. The van der Waals surface area contributed by atoms with Gasteiger partial charge in [0.15, 0.2) is 0 Å². The summed E-state index contributed by atoms with van der Waals surface area (Å²) < 4.78 is 5.06. The first-order chi connectivity index (χ1) is 12.1. The van der Waals surface area contributed by atoms with Gasteiger partial charge in [0, 0.05) is 11.9 Å². The highest BCUT2D eigenvalue weighted by Gasteiger charge is 2.21. The Hall–Kier alpha value is -2.90. The van der Waals surface area contributed by atoms with Crippen LogP contribution in [0.15, 0.2) is 54.7 Å². The third-order valence-electron chi connectivity index (χ3n) is 3.87. The van der Waals surface area contributed by atoms with Crippen LogP contribution in [0.2, 0.25) is 0 Å². The molecule has 2 atom stereocenters. The topological polar surface area (TPSA) is 107 Å². The van der Waals surface area contributed by atoms with Crippen molar-refractivity contribution in [3.05, 3.63) is 65.9 Å². The average Bonchev–Trinajstić information content (AvgIpc) is 3.13. The summed E-state index contributed by atoms with van der Waals surface area (Å²) in [6, 6.07) is 14.6. The van der Waals surface area contributed by atoms with Gasteiger partial charge in [0.05, 0.1) is 11.7 Å². The first-order valence-electron chi connectivity index (χ1n) is 7.88. The second-order valence-electron chi connectivity index (χ2n) is 5.63. The molecule has 7 heteroatoms. The molecule has 0 aliphatic rings. The lowest BCUT2D eigenvalue weighted by atomic mass is 10.0. The van der Waals surface area contributed by atoms with E-state index in [1.54, 1.807) is 18.3 Å². The van der Waals surface area contributed by atoms with Crippen LogP contribution in [-0.2, 0) is 11.3 Å². The number of rotatable bonds is 6. The molecule has 3 aromatic rings. The van der Waals surface area contributed by atoms with Gasteiger partial charge in [0.25, 0.3) is 0 Å². The molecule has 7 nitrogen and oxygen atoms in total. The number of fused-ring (bicyclic) bond motifs is 1. The summed E-state index contributed by atoms with van der Waals surface area (Å²) in [6.45, 7) is 0.00266. The molecule has 1 aromatic heterocycles. The minimum Gasteiger partial charge on any atom is -0.445 e. The van der Waals surface area contributed by atoms with Crippen LogP contribution in [0, 0.1) is 0 Å². The number of alkyl carbamates (subject to hydrolysis) is 1. The minimum atomic E-state index is -1.18. The van der Waals surface area contributed by atoms with E-state index in [9.17, 15) is 15.0 Å². The van der Waals surface area contributed by atoms with Crippen molar-refractivity contribution < 1.29 is 19.7 Å². The molecule has 0 saturated carbocycles. The lowest BCUT2D eigenvalue weighted by Gasteiger charge is -2.19.